The highest BCUT2D eigenvalue weighted by molar-refractivity contribution is 5.94. The molecule has 1 heterocycles. The molecule has 0 aliphatic heterocycles. The van der Waals surface area contributed by atoms with Crippen molar-refractivity contribution in [2.45, 2.75) is 45.1 Å². The molecule has 0 N–H and O–H groups in total. The molecule has 0 radical (unpaired) electrons. The predicted molar refractivity (Wildman–Crippen MR) is 69.5 cm³/mol. The van der Waals surface area contributed by atoms with Crippen molar-refractivity contribution in [3.05, 3.63) is 23.9 Å². The molecular formula is C14H20N2O. The first-order chi connectivity index (χ1) is 8.18. The summed E-state index contributed by atoms with van der Waals surface area (Å²) in [6.45, 7) is 1.60. The quantitative estimate of drug-likeness (QED) is 0.751. The van der Waals surface area contributed by atoms with Crippen molar-refractivity contribution in [2.24, 2.45) is 0 Å². The second-order valence-corrected chi connectivity index (χ2v) is 4.86. The van der Waals surface area contributed by atoms with Crippen LogP contribution in [0.4, 0.5) is 5.82 Å². The van der Waals surface area contributed by atoms with Gasteiger partial charge in [-0.1, -0.05) is 19.3 Å². The van der Waals surface area contributed by atoms with Gasteiger partial charge in [0.25, 0.3) is 0 Å². The van der Waals surface area contributed by atoms with Crippen LogP contribution < -0.4 is 4.90 Å². The summed E-state index contributed by atoms with van der Waals surface area (Å²) in [6, 6.07) is 4.26. The molecule has 1 saturated carbocycles. The van der Waals surface area contributed by atoms with Crippen molar-refractivity contribution in [3.8, 4) is 0 Å². The summed E-state index contributed by atoms with van der Waals surface area (Å²) >= 11 is 0. The molecular weight excluding hydrogens is 212 g/mol. The first-order valence-corrected chi connectivity index (χ1v) is 6.38. The second-order valence-electron chi connectivity index (χ2n) is 4.86. The minimum absolute atomic E-state index is 0.102. The maximum Gasteiger partial charge on any atom is 0.159 e. The van der Waals surface area contributed by atoms with E-state index in [1.165, 1.54) is 32.1 Å². The summed E-state index contributed by atoms with van der Waals surface area (Å²) in [4.78, 5) is 17.9. The van der Waals surface area contributed by atoms with E-state index in [9.17, 15) is 4.79 Å². The maximum atomic E-state index is 11.4. The van der Waals surface area contributed by atoms with Gasteiger partial charge in [0.1, 0.15) is 5.82 Å². The zero-order chi connectivity index (χ0) is 12.3. The van der Waals surface area contributed by atoms with Crippen LogP contribution in [0.5, 0.6) is 0 Å². The van der Waals surface area contributed by atoms with E-state index in [4.69, 9.17) is 0 Å². The summed E-state index contributed by atoms with van der Waals surface area (Å²) in [5.74, 6) is 1.02. The van der Waals surface area contributed by atoms with Crippen molar-refractivity contribution in [3.63, 3.8) is 0 Å². The number of anilines is 1. The lowest BCUT2D eigenvalue weighted by atomic mass is 9.94. The fourth-order valence-corrected chi connectivity index (χ4v) is 2.49. The molecule has 3 nitrogen and oxygen atoms in total. The largest absolute Gasteiger partial charge is 0.357 e. The molecule has 0 aromatic carbocycles. The van der Waals surface area contributed by atoms with E-state index in [1.807, 2.05) is 6.07 Å². The standard InChI is InChI=1S/C14H20N2O/c1-11(17)12-8-9-15-14(10-12)16(2)13-6-4-3-5-7-13/h8-10,13H,3-7H2,1-2H3. The number of hydrogen-bond acceptors (Lipinski definition) is 3. The summed E-state index contributed by atoms with van der Waals surface area (Å²) in [5, 5.41) is 0. The lowest BCUT2D eigenvalue weighted by Gasteiger charge is -2.32. The fourth-order valence-electron chi connectivity index (χ4n) is 2.49. The predicted octanol–water partition coefficient (Wildman–Crippen LogP) is 3.05. The molecule has 0 amide bonds. The second kappa shape index (κ2) is 5.30. The Morgan fingerprint density at radius 3 is 2.71 bits per heavy atom. The number of aromatic nitrogens is 1. The molecule has 0 atom stereocenters. The van der Waals surface area contributed by atoms with Gasteiger partial charge >= 0.3 is 0 Å². The van der Waals surface area contributed by atoms with Crippen molar-refractivity contribution < 1.29 is 4.79 Å². The van der Waals surface area contributed by atoms with Gasteiger partial charge in [0.05, 0.1) is 0 Å². The Bertz CT molecular complexity index is 397. The van der Waals surface area contributed by atoms with Crippen LogP contribution in [0.3, 0.4) is 0 Å². The van der Waals surface area contributed by atoms with Crippen molar-refractivity contribution >= 4 is 11.6 Å². The topological polar surface area (TPSA) is 33.2 Å². The van der Waals surface area contributed by atoms with E-state index in [0.29, 0.717) is 6.04 Å². The van der Waals surface area contributed by atoms with Gasteiger partial charge in [0.2, 0.25) is 0 Å². The van der Waals surface area contributed by atoms with E-state index in [-0.39, 0.29) is 5.78 Å². The van der Waals surface area contributed by atoms with Gasteiger partial charge in [-0.15, -0.1) is 0 Å². The first-order valence-electron chi connectivity index (χ1n) is 6.38. The minimum atomic E-state index is 0.102. The zero-order valence-corrected chi connectivity index (χ0v) is 10.6. The highest BCUT2D eigenvalue weighted by atomic mass is 16.1. The number of carbonyl (C=O) groups is 1. The summed E-state index contributed by atoms with van der Waals surface area (Å²) in [5.41, 5.74) is 0.748. The van der Waals surface area contributed by atoms with Crippen LogP contribution in [0, 0.1) is 0 Å². The molecule has 2 rings (SSSR count). The lowest BCUT2D eigenvalue weighted by Crippen LogP contribution is -2.33. The van der Waals surface area contributed by atoms with Gasteiger partial charge in [-0.05, 0) is 31.9 Å². The summed E-state index contributed by atoms with van der Waals surface area (Å²) in [7, 11) is 2.09. The smallest absolute Gasteiger partial charge is 0.159 e. The van der Waals surface area contributed by atoms with E-state index >= 15 is 0 Å². The highest BCUT2D eigenvalue weighted by Crippen LogP contribution is 2.25. The number of nitrogens with zero attached hydrogens (tertiary/aromatic N) is 2. The Morgan fingerprint density at radius 2 is 2.06 bits per heavy atom. The average molecular weight is 232 g/mol. The van der Waals surface area contributed by atoms with Crippen molar-refractivity contribution in [1.82, 2.24) is 4.98 Å². The molecule has 0 unspecified atom stereocenters. The molecule has 0 spiro atoms. The Labute approximate surface area is 103 Å². The normalized spacial score (nSPS) is 16.8. The van der Waals surface area contributed by atoms with Crippen LogP contribution in [0.15, 0.2) is 18.3 Å². The molecule has 1 aromatic rings. The molecule has 1 aliphatic carbocycles. The fraction of sp³-hybridized carbons (Fsp3) is 0.571. The zero-order valence-electron chi connectivity index (χ0n) is 10.6. The average Bonchev–Trinajstić information content (AvgIpc) is 2.39. The van der Waals surface area contributed by atoms with Crippen LogP contribution in [0.25, 0.3) is 0 Å². The molecule has 17 heavy (non-hydrogen) atoms. The Morgan fingerprint density at radius 1 is 1.35 bits per heavy atom. The molecule has 0 saturated heterocycles. The molecule has 92 valence electrons. The van der Waals surface area contributed by atoms with Gasteiger partial charge in [0, 0.05) is 24.8 Å². The number of Topliss-reactive ketones (excluding diaryl/α,β-unsaturated/α-hetero) is 1. The highest BCUT2D eigenvalue weighted by Gasteiger charge is 2.19. The number of rotatable bonds is 3. The van der Waals surface area contributed by atoms with Gasteiger partial charge < -0.3 is 4.90 Å². The Hall–Kier alpha value is -1.38. The summed E-state index contributed by atoms with van der Waals surface area (Å²) in [6.07, 6.45) is 8.17. The molecule has 3 heteroatoms. The lowest BCUT2D eigenvalue weighted by molar-refractivity contribution is 0.101. The Kier molecular flexibility index (Phi) is 3.77. The summed E-state index contributed by atoms with van der Waals surface area (Å²) < 4.78 is 0. The Balaban J connectivity index is 2.14. The third kappa shape index (κ3) is 2.84. The minimum Gasteiger partial charge on any atom is -0.357 e. The van der Waals surface area contributed by atoms with Gasteiger partial charge in [-0.25, -0.2) is 4.98 Å². The van der Waals surface area contributed by atoms with Crippen LogP contribution in [-0.4, -0.2) is 23.9 Å². The number of carbonyl (C=O) groups excluding carboxylic acids is 1. The van der Waals surface area contributed by atoms with Crippen LogP contribution in [0.2, 0.25) is 0 Å². The molecule has 1 aromatic heterocycles. The van der Waals surface area contributed by atoms with Crippen LogP contribution >= 0.6 is 0 Å². The molecule has 0 bridgehead atoms. The van der Waals surface area contributed by atoms with Gasteiger partial charge in [-0.2, -0.15) is 0 Å². The monoisotopic (exact) mass is 232 g/mol. The van der Waals surface area contributed by atoms with E-state index in [2.05, 4.69) is 16.9 Å². The molecule has 1 fully saturated rings. The van der Waals surface area contributed by atoms with Crippen LogP contribution in [-0.2, 0) is 0 Å². The number of hydrogen-bond donors (Lipinski definition) is 0. The SMILES string of the molecule is CC(=O)c1ccnc(N(C)C2CCCCC2)c1. The van der Waals surface area contributed by atoms with Crippen molar-refractivity contribution in [2.75, 3.05) is 11.9 Å². The van der Waals surface area contributed by atoms with Crippen LogP contribution in [0.1, 0.15) is 49.4 Å². The third-order valence-corrected chi connectivity index (χ3v) is 3.64. The third-order valence-electron chi connectivity index (χ3n) is 3.64. The van der Waals surface area contributed by atoms with E-state index in [0.717, 1.165) is 11.4 Å². The number of pyridine rings is 1. The van der Waals surface area contributed by atoms with E-state index in [1.54, 1.807) is 19.2 Å². The molecule has 1 aliphatic rings. The van der Waals surface area contributed by atoms with Crippen molar-refractivity contribution in [1.29, 1.82) is 0 Å². The number of ketones is 1. The maximum absolute atomic E-state index is 11.4. The van der Waals surface area contributed by atoms with Gasteiger partial charge in [0.15, 0.2) is 5.78 Å². The van der Waals surface area contributed by atoms with E-state index < -0.39 is 0 Å². The first kappa shape index (κ1) is 12.1. The van der Waals surface area contributed by atoms with Gasteiger partial charge in [-0.3, -0.25) is 4.79 Å².